The maximum absolute atomic E-state index is 12.6. The van der Waals surface area contributed by atoms with Crippen molar-refractivity contribution in [3.63, 3.8) is 0 Å². The number of nitrogens with one attached hydrogen (secondary N) is 1. The number of amides is 1. The van der Waals surface area contributed by atoms with E-state index in [-0.39, 0.29) is 12.5 Å². The Balaban J connectivity index is 1.07. The largest absolute Gasteiger partial charge is 0.486 e. The molecule has 190 valence electrons. The molecule has 1 aliphatic heterocycles. The van der Waals surface area contributed by atoms with Gasteiger partial charge in [-0.1, -0.05) is 25.3 Å². The molecule has 1 saturated carbocycles. The summed E-state index contributed by atoms with van der Waals surface area (Å²) in [6, 6.07) is 10.0. The second kappa shape index (κ2) is 11.2. The molecule has 5 rings (SSSR count). The second-order valence-electron chi connectivity index (χ2n) is 9.98. The number of β-amino-alcohol motifs (C(OH)–C–C–N with tert-alkyl or cyclic N) is 1. The van der Waals surface area contributed by atoms with Crippen molar-refractivity contribution in [3.8, 4) is 5.75 Å². The van der Waals surface area contributed by atoms with Gasteiger partial charge in [0.05, 0.1) is 11.8 Å². The molecule has 3 heterocycles. The Morgan fingerprint density at radius 3 is 2.92 bits per heavy atom. The summed E-state index contributed by atoms with van der Waals surface area (Å²) >= 11 is 0. The van der Waals surface area contributed by atoms with Gasteiger partial charge < -0.3 is 19.6 Å². The zero-order valence-corrected chi connectivity index (χ0v) is 20.8. The standard InChI is InChI=1S/C28H34N4O4/c1-19-27(36-18-31-19)17-35-25-6-5-23-15-32(10-8-22(23)13-25)16-24(33)14-30-28(34)26-12-21(7-9-29-26)11-20-3-2-4-20/h5-7,9,12-13,18,20,24,33H,2-4,8,10-11,14-17H2,1H3,(H,30,34)/t24-/m0/s1. The molecule has 1 fully saturated rings. The Bertz CT molecular complexity index is 1190. The van der Waals surface area contributed by atoms with Gasteiger partial charge in [0.15, 0.2) is 12.2 Å². The van der Waals surface area contributed by atoms with Crippen molar-refractivity contribution < 1.29 is 19.1 Å². The van der Waals surface area contributed by atoms with Gasteiger partial charge in [0, 0.05) is 32.4 Å². The minimum Gasteiger partial charge on any atom is -0.486 e. The molecular formula is C28H34N4O4. The third kappa shape index (κ3) is 6.12. The number of aliphatic hydroxyl groups is 1. The van der Waals surface area contributed by atoms with Gasteiger partial charge in [0.25, 0.3) is 5.91 Å². The number of fused-ring (bicyclic) bond motifs is 1. The highest BCUT2D eigenvalue weighted by Crippen LogP contribution is 2.29. The zero-order chi connectivity index (χ0) is 24.9. The number of ether oxygens (including phenoxy) is 1. The second-order valence-corrected chi connectivity index (χ2v) is 9.98. The monoisotopic (exact) mass is 490 g/mol. The molecule has 3 aromatic rings. The fraction of sp³-hybridized carbons (Fsp3) is 0.464. The van der Waals surface area contributed by atoms with Crippen LogP contribution in [0.1, 0.15) is 57.9 Å². The van der Waals surface area contributed by atoms with E-state index < -0.39 is 6.10 Å². The fourth-order valence-electron chi connectivity index (χ4n) is 4.87. The molecule has 8 heteroatoms. The van der Waals surface area contributed by atoms with Gasteiger partial charge in [0.1, 0.15) is 18.1 Å². The number of benzene rings is 1. The first-order valence-electron chi connectivity index (χ1n) is 12.8. The quantitative estimate of drug-likeness (QED) is 0.449. The van der Waals surface area contributed by atoms with Crippen molar-refractivity contribution >= 4 is 5.91 Å². The summed E-state index contributed by atoms with van der Waals surface area (Å²) in [5.74, 6) is 2.05. The molecule has 2 aliphatic rings. The summed E-state index contributed by atoms with van der Waals surface area (Å²) < 4.78 is 11.2. The third-order valence-corrected chi connectivity index (χ3v) is 7.26. The van der Waals surface area contributed by atoms with Crippen molar-refractivity contribution in [1.82, 2.24) is 20.2 Å². The molecule has 8 nitrogen and oxygen atoms in total. The van der Waals surface area contributed by atoms with Gasteiger partial charge in [0.2, 0.25) is 0 Å². The van der Waals surface area contributed by atoms with Crippen LogP contribution in [-0.4, -0.2) is 51.6 Å². The van der Waals surface area contributed by atoms with E-state index in [1.165, 1.54) is 36.8 Å². The number of pyridine rings is 1. The highest BCUT2D eigenvalue weighted by molar-refractivity contribution is 5.92. The molecule has 1 aliphatic carbocycles. The van der Waals surface area contributed by atoms with E-state index in [4.69, 9.17) is 9.15 Å². The molecule has 0 saturated heterocycles. The van der Waals surface area contributed by atoms with E-state index in [2.05, 4.69) is 32.3 Å². The summed E-state index contributed by atoms with van der Waals surface area (Å²) in [7, 11) is 0. The number of hydrogen-bond donors (Lipinski definition) is 2. The van der Waals surface area contributed by atoms with E-state index in [0.29, 0.717) is 18.8 Å². The van der Waals surface area contributed by atoms with Gasteiger partial charge in [-0.25, -0.2) is 4.98 Å². The van der Waals surface area contributed by atoms with Gasteiger partial charge in [-0.2, -0.15) is 0 Å². The Labute approximate surface area is 211 Å². The lowest BCUT2D eigenvalue weighted by Gasteiger charge is -2.30. The molecule has 2 aromatic heterocycles. The lowest BCUT2D eigenvalue weighted by Crippen LogP contribution is -2.42. The number of hydrogen-bond acceptors (Lipinski definition) is 7. The first-order chi connectivity index (χ1) is 17.5. The number of oxazole rings is 1. The van der Waals surface area contributed by atoms with Gasteiger partial charge >= 0.3 is 0 Å². The van der Waals surface area contributed by atoms with Crippen molar-refractivity contribution in [1.29, 1.82) is 0 Å². The van der Waals surface area contributed by atoms with Gasteiger partial charge in [-0.3, -0.25) is 14.7 Å². The maximum atomic E-state index is 12.6. The van der Waals surface area contributed by atoms with E-state index in [9.17, 15) is 9.90 Å². The van der Waals surface area contributed by atoms with Crippen LogP contribution >= 0.6 is 0 Å². The average molecular weight is 491 g/mol. The average Bonchev–Trinajstić information content (AvgIpc) is 3.28. The molecule has 0 radical (unpaired) electrons. The number of aryl methyl sites for hydroxylation is 1. The van der Waals surface area contributed by atoms with Crippen molar-refractivity contribution in [2.45, 2.75) is 58.3 Å². The van der Waals surface area contributed by atoms with Crippen LogP contribution in [0.15, 0.2) is 47.3 Å². The molecule has 0 unspecified atom stereocenters. The Morgan fingerprint density at radius 2 is 2.14 bits per heavy atom. The van der Waals surface area contributed by atoms with Gasteiger partial charge in [-0.15, -0.1) is 0 Å². The summed E-state index contributed by atoms with van der Waals surface area (Å²) in [6.45, 7) is 4.55. The minimum atomic E-state index is -0.651. The summed E-state index contributed by atoms with van der Waals surface area (Å²) in [5.41, 5.74) is 4.91. The van der Waals surface area contributed by atoms with E-state index >= 15 is 0 Å². The van der Waals surface area contributed by atoms with Crippen molar-refractivity contribution in [2.75, 3.05) is 19.6 Å². The van der Waals surface area contributed by atoms with Crippen molar-refractivity contribution in [3.05, 3.63) is 76.8 Å². The normalized spacial score (nSPS) is 16.7. The number of carbonyl (C=O) groups is 1. The molecule has 0 spiro atoms. The summed E-state index contributed by atoms with van der Waals surface area (Å²) in [5, 5.41) is 13.4. The first kappa shape index (κ1) is 24.5. The van der Waals surface area contributed by atoms with Crippen LogP contribution in [0.4, 0.5) is 0 Å². The number of nitrogens with zero attached hydrogens (tertiary/aromatic N) is 3. The predicted molar refractivity (Wildman–Crippen MR) is 135 cm³/mol. The maximum Gasteiger partial charge on any atom is 0.269 e. The van der Waals surface area contributed by atoms with Crippen LogP contribution in [-0.2, 0) is 26.0 Å². The Hall–Kier alpha value is -3.23. The molecule has 1 atom stereocenters. The molecule has 0 bridgehead atoms. The smallest absolute Gasteiger partial charge is 0.269 e. The lowest BCUT2D eigenvalue weighted by molar-refractivity contribution is 0.0838. The van der Waals surface area contributed by atoms with Crippen LogP contribution in [0.5, 0.6) is 5.75 Å². The van der Waals surface area contributed by atoms with Crippen LogP contribution in [0.2, 0.25) is 0 Å². The summed E-state index contributed by atoms with van der Waals surface area (Å²) in [6.07, 6.45) is 8.23. The highest BCUT2D eigenvalue weighted by atomic mass is 16.5. The Kier molecular flexibility index (Phi) is 7.63. The molecule has 1 aromatic carbocycles. The topological polar surface area (TPSA) is 101 Å². The van der Waals surface area contributed by atoms with Crippen LogP contribution in [0.3, 0.4) is 0 Å². The zero-order valence-electron chi connectivity index (χ0n) is 20.8. The molecule has 1 amide bonds. The molecule has 36 heavy (non-hydrogen) atoms. The van der Waals surface area contributed by atoms with Gasteiger partial charge in [-0.05, 0) is 66.6 Å². The summed E-state index contributed by atoms with van der Waals surface area (Å²) in [4.78, 5) is 23.1. The number of carbonyl (C=O) groups excluding carboxylic acids is 1. The number of rotatable bonds is 10. The molecule has 2 N–H and O–H groups in total. The van der Waals surface area contributed by atoms with Crippen LogP contribution in [0, 0.1) is 12.8 Å². The SMILES string of the molecule is Cc1ncoc1COc1ccc2c(c1)CCN(C[C@@H](O)CNC(=O)c1cc(CC3CCC3)ccn1)C2. The number of aromatic nitrogens is 2. The first-order valence-corrected chi connectivity index (χ1v) is 12.8. The number of aliphatic hydroxyl groups excluding tert-OH is 1. The highest BCUT2D eigenvalue weighted by Gasteiger charge is 2.21. The van der Waals surface area contributed by atoms with E-state index in [0.717, 1.165) is 54.6 Å². The Morgan fingerprint density at radius 1 is 1.25 bits per heavy atom. The fourth-order valence-corrected chi connectivity index (χ4v) is 4.87. The van der Waals surface area contributed by atoms with Crippen LogP contribution < -0.4 is 10.1 Å². The van der Waals surface area contributed by atoms with Crippen molar-refractivity contribution in [2.24, 2.45) is 5.92 Å². The van der Waals surface area contributed by atoms with E-state index in [1.807, 2.05) is 25.1 Å². The van der Waals surface area contributed by atoms with Crippen LogP contribution in [0.25, 0.3) is 0 Å². The lowest BCUT2D eigenvalue weighted by atomic mass is 9.81. The molecular weight excluding hydrogens is 456 g/mol. The minimum absolute atomic E-state index is 0.199. The predicted octanol–water partition coefficient (Wildman–Crippen LogP) is 3.45. The third-order valence-electron chi connectivity index (χ3n) is 7.26. The van der Waals surface area contributed by atoms with E-state index in [1.54, 1.807) is 6.20 Å².